The first kappa shape index (κ1) is 23.7. The second-order valence-electron chi connectivity index (χ2n) is 7.66. The minimum absolute atomic E-state index is 0.112. The quantitative estimate of drug-likeness (QED) is 0.689. The van der Waals surface area contributed by atoms with Crippen molar-refractivity contribution in [2.24, 2.45) is 0 Å². The Morgan fingerprint density at radius 1 is 1.12 bits per heavy atom. The van der Waals surface area contributed by atoms with E-state index in [0.717, 1.165) is 11.6 Å². The van der Waals surface area contributed by atoms with Crippen molar-refractivity contribution >= 4 is 17.7 Å². The lowest BCUT2D eigenvalue weighted by molar-refractivity contribution is -0.121. The number of nitriles is 1. The summed E-state index contributed by atoms with van der Waals surface area (Å²) in [5, 5.41) is 14.4. The maximum absolute atomic E-state index is 14.4. The van der Waals surface area contributed by atoms with Gasteiger partial charge in [-0.15, -0.1) is 0 Å². The first-order valence-corrected chi connectivity index (χ1v) is 10.7. The molecule has 0 atom stereocenters. The number of nitrogens with zero attached hydrogens (tertiary/aromatic N) is 2. The van der Waals surface area contributed by atoms with Gasteiger partial charge in [0.1, 0.15) is 18.2 Å². The molecule has 3 amide bonds. The summed E-state index contributed by atoms with van der Waals surface area (Å²) < 4.78 is 20.1. The van der Waals surface area contributed by atoms with Crippen molar-refractivity contribution in [3.05, 3.63) is 64.5 Å². The van der Waals surface area contributed by atoms with E-state index in [1.54, 1.807) is 12.1 Å². The van der Waals surface area contributed by atoms with Crippen LogP contribution in [-0.4, -0.2) is 55.4 Å². The third-order valence-corrected chi connectivity index (χ3v) is 5.18. The molecular formula is C24H25FN4O4. The molecule has 2 aromatic carbocycles. The number of ether oxygens (including phenoxy) is 1. The Bertz CT molecular complexity index is 1100. The topological polar surface area (TPSA) is 112 Å². The van der Waals surface area contributed by atoms with Gasteiger partial charge in [-0.2, -0.15) is 5.26 Å². The number of fused-ring (bicyclic) bond motifs is 1. The highest BCUT2D eigenvalue weighted by molar-refractivity contribution is 5.97. The summed E-state index contributed by atoms with van der Waals surface area (Å²) in [5.74, 6) is -1.52. The number of nitrogens with one attached hydrogen (secondary N) is 2. The minimum Gasteiger partial charge on any atom is -0.491 e. The van der Waals surface area contributed by atoms with Crippen LogP contribution in [0.15, 0.2) is 36.4 Å². The molecule has 0 bridgehead atoms. The van der Waals surface area contributed by atoms with Gasteiger partial charge in [0.15, 0.2) is 0 Å². The fourth-order valence-corrected chi connectivity index (χ4v) is 3.46. The van der Waals surface area contributed by atoms with E-state index in [2.05, 4.69) is 10.6 Å². The normalized spacial score (nSPS) is 15.6. The van der Waals surface area contributed by atoms with E-state index in [1.165, 1.54) is 17.0 Å². The summed E-state index contributed by atoms with van der Waals surface area (Å²) in [7, 11) is 0. The summed E-state index contributed by atoms with van der Waals surface area (Å²) in [6, 6.07) is 10.7. The van der Waals surface area contributed by atoms with Crippen LogP contribution in [0.2, 0.25) is 0 Å². The average Bonchev–Trinajstić information content (AvgIpc) is 2.80. The van der Waals surface area contributed by atoms with Gasteiger partial charge in [-0.05, 0) is 43.7 Å². The predicted molar refractivity (Wildman–Crippen MR) is 118 cm³/mol. The molecule has 33 heavy (non-hydrogen) atoms. The van der Waals surface area contributed by atoms with Crippen LogP contribution >= 0.6 is 0 Å². The third kappa shape index (κ3) is 6.29. The number of rotatable bonds is 1. The largest absolute Gasteiger partial charge is 0.491 e. The summed E-state index contributed by atoms with van der Waals surface area (Å²) in [6.45, 7) is 2.78. The first-order chi connectivity index (χ1) is 15.9. The average molecular weight is 452 g/mol. The van der Waals surface area contributed by atoms with Crippen LogP contribution in [0.4, 0.5) is 4.39 Å². The Labute approximate surface area is 191 Å². The van der Waals surface area contributed by atoms with E-state index in [4.69, 9.17) is 10.00 Å². The maximum atomic E-state index is 14.4. The molecule has 1 heterocycles. The standard InChI is InChI=1S/C24H25FN4O4/c1-16-4-7-21-19(13-16)23(31)28-8-11-29(10-2-3-22(30)27-9-12-33-21)24(32)18-6-5-17(15-26)14-20(18)25/h4-7,13-14H,2-3,8-12H2,1H3,(H,27,30)(H,28,31). The lowest BCUT2D eigenvalue weighted by Gasteiger charge is -2.23. The lowest BCUT2D eigenvalue weighted by Crippen LogP contribution is -2.39. The van der Waals surface area contributed by atoms with Gasteiger partial charge in [-0.1, -0.05) is 11.6 Å². The Morgan fingerprint density at radius 2 is 1.94 bits per heavy atom. The molecule has 8 nitrogen and oxygen atoms in total. The van der Waals surface area contributed by atoms with Gasteiger partial charge in [0.2, 0.25) is 5.91 Å². The molecule has 0 unspecified atom stereocenters. The van der Waals surface area contributed by atoms with E-state index in [-0.39, 0.29) is 62.1 Å². The number of hydrogen-bond acceptors (Lipinski definition) is 5. The lowest BCUT2D eigenvalue weighted by atomic mass is 10.1. The zero-order chi connectivity index (χ0) is 23.8. The third-order valence-electron chi connectivity index (χ3n) is 5.18. The van der Waals surface area contributed by atoms with Crippen LogP contribution in [0.5, 0.6) is 5.75 Å². The van der Waals surface area contributed by atoms with Gasteiger partial charge in [0, 0.05) is 26.1 Å². The van der Waals surface area contributed by atoms with E-state index in [0.29, 0.717) is 17.7 Å². The predicted octanol–water partition coefficient (Wildman–Crippen LogP) is 2.17. The van der Waals surface area contributed by atoms with Gasteiger partial charge >= 0.3 is 0 Å². The number of carbonyl (C=O) groups excluding carboxylic acids is 3. The number of aryl methyl sites for hydroxylation is 1. The fraction of sp³-hybridized carbons (Fsp3) is 0.333. The molecular weight excluding hydrogens is 427 g/mol. The highest BCUT2D eigenvalue weighted by Gasteiger charge is 2.21. The molecule has 0 saturated carbocycles. The molecule has 3 rings (SSSR count). The summed E-state index contributed by atoms with van der Waals surface area (Å²) in [6.07, 6.45) is 0.547. The zero-order valence-corrected chi connectivity index (χ0v) is 18.3. The van der Waals surface area contributed by atoms with E-state index in [9.17, 15) is 18.8 Å². The molecule has 0 saturated heterocycles. The fourth-order valence-electron chi connectivity index (χ4n) is 3.46. The van der Waals surface area contributed by atoms with Gasteiger partial charge in [0.25, 0.3) is 11.8 Å². The Morgan fingerprint density at radius 3 is 2.70 bits per heavy atom. The van der Waals surface area contributed by atoms with Crippen LogP contribution in [0.1, 0.15) is 44.7 Å². The smallest absolute Gasteiger partial charge is 0.256 e. The zero-order valence-electron chi connectivity index (χ0n) is 18.3. The Balaban J connectivity index is 1.80. The van der Waals surface area contributed by atoms with Crippen LogP contribution in [0.25, 0.3) is 0 Å². The summed E-state index contributed by atoms with van der Waals surface area (Å²) in [5.41, 5.74) is 1.18. The number of halogens is 1. The molecule has 0 aromatic heterocycles. The van der Waals surface area contributed by atoms with Crippen LogP contribution in [0, 0.1) is 24.1 Å². The molecule has 1 aliphatic rings. The van der Waals surface area contributed by atoms with Gasteiger partial charge in [0.05, 0.1) is 29.3 Å². The van der Waals surface area contributed by atoms with Gasteiger partial charge < -0.3 is 20.3 Å². The van der Waals surface area contributed by atoms with E-state index in [1.807, 2.05) is 19.1 Å². The van der Waals surface area contributed by atoms with Crippen molar-refractivity contribution in [3.8, 4) is 11.8 Å². The van der Waals surface area contributed by atoms with Crippen LogP contribution in [-0.2, 0) is 4.79 Å². The molecule has 1 aliphatic heterocycles. The van der Waals surface area contributed by atoms with Crippen molar-refractivity contribution in [1.29, 1.82) is 5.26 Å². The first-order valence-electron chi connectivity index (χ1n) is 10.7. The van der Waals surface area contributed by atoms with Gasteiger partial charge in [-0.25, -0.2) is 4.39 Å². The maximum Gasteiger partial charge on any atom is 0.256 e. The second kappa shape index (κ2) is 11.1. The molecule has 2 aromatic rings. The Kier molecular flexibility index (Phi) is 7.97. The second-order valence-corrected chi connectivity index (χ2v) is 7.66. The number of benzene rings is 2. The van der Waals surface area contributed by atoms with Crippen molar-refractivity contribution in [2.75, 3.05) is 32.8 Å². The summed E-state index contributed by atoms with van der Waals surface area (Å²) >= 11 is 0. The highest BCUT2D eigenvalue weighted by Crippen LogP contribution is 2.20. The van der Waals surface area contributed by atoms with E-state index >= 15 is 0 Å². The van der Waals surface area contributed by atoms with Gasteiger partial charge in [-0.3, -0.25) is 14.4 Å². The highest BCUT2D eigenvalue weighted by atomic mass is 19.1. The van der Waals surface area contributed by atoms with Crippen molar-refractivity contribution < 1.29 is 23.5 Å². The molecule has 0 aliphatic carbocycles. The molecule has 172 valence electrons. The van der Waals surface area contributed by atoms with Crippen LogP contribution < -0.4 is 15.4 Å². The SMILES string of the molecule is Cc1ccc2c(c1)C(=O)NCCN(C(=O)c1ccc(C#N)cc1F)CCCC(=O)NCCO2. The van der Waals surface area contributed by atoms with Crippen molar-refractivity contribution in [2.45, 2.75) is 19.8 Å². The van der Waals surface area contributed by atoms with E-state index < -0.39 is 11.7 Å². The molecule has 0 radical (unpaired) electrons. The Hall–Kier alpha value is -3.93. The molecule has 0 spiro atoms. The number of hydrogen-bond donors (Lipinski definition) is 2. The summed E-state index contributed by atoms with van der Waals surface area (Å²) in [4.78, 5) is 39.3. The van der Waals surface area contributed by atoms with Crippen molar-refractivity contribution in [3.63, 3.8) is 0 Å². The number of amides is 3. The molecule has 2 N–H and O–H groups in total. The molecule has 9 heteroatoms. The monoisotopic (exact) mass is 452 g/mol. The molecule has 0 fully saturated rings. The number of carbonyl (C=O) groups is 3. The van der Waals surface area contributed by atoms with Crippen molar-refractivity contribution in [1.82, 2.24) is 15.5 Å². The van der Waals surface area contributed by atoms with Crippen LogP contribution in [0.3, 0.4) is 0 Å². The minimum atomic E-state index is -0.793.